The van der Waals surface area contributed by atoms with Crippen molar-refractivity contribution in [3.05, 3.63) is 89.0 Å². The van der Waals surface area contributed by atoms with Gasteiger partial charge in [-0.25, -0.2) is 0 Å². The number of esters is 1. The van der Waals surface area contributed by atoms with E-state index in [1.807, 2.05) is 48.5 Å². The van der Waals surface area contributed by atoms with E-state index in [1.54, 1.807) is 36.0 Å². The Balaban J connectivity index is 1.74. The average Bonchev–Trinajstić information content (AvgIpc) is 3.07. The van der Waals surface area contributed by atoms with Crippen LogP contribution in [-0.2, 0) is 24.8 Å². The van der Waals surface area contributed by atoms with E-state index < -0.39 is 30.1 Å². The molecule has 0 saturated carbocycles. The first-order chi connectivity index (χ1) is 18.7. The number of hydrazine groups is 1. The zero-order valence-electron chi connectivity index (χ0n) is 21.5. The smallest absolute Gasteiger partial charge is 0.408 e. The first-order valence-electron chi connectivity index (χ1n) is 12.6. The second kappa shape index (κ2) is 11.1. The van der Waals surface area contributed by atoms with Gasteiger partial charge in [-0.1, -0.05) is 49.4 Å². The van der Waals surface area contributed by atoms with Gasteiger partial charge < -0.3 is 14.4 Å². The number of hydrogen-bond acceptors (Lipinski definition) is 7. The minimum Gasteiger partial charge on any atom is -0.426 e. The Morgan fingerprint density at radius 3 is 2.62 bits per heavy atom. The Morgan fingerprint density at radius 2 is 1.87 bits per heavy atom. The van der Waals surface area contributed by atoms with E-state index in [4.69, 9.17) is 9.47 Å². The molecule has 2 atom stereocenters. The number of carbonyl (C=O) groups is 2. The van der Waals surface area contributed by atoms with E-state index in [9.17, 15) is 22.8 Å². The lowest BCUT2D eigenvalue weighted by Gasteiger charge is -2.49. The Bertz CT molecular complexity index is 1280. The molecule has 0 aliphatic carbocycles. The highest BCUT2D eigenvalue weighted by Crippen LogP contribution is 2.45. The van der Waals surface area contributed by atoms with Crippen molar-refractivity contribution >= 4 is 23.6 Å². The van der Waals surface area contributed by atoms with Gasteiger partial charge in [-0.05, 0) is 35.8 Å². The molecule has 5 rings (SSSR count). The molecule has 2 aromatic rings. The molecular weight excluding hydrogens is 531 g/mol. The van der Waals surface area contributed by atoms with E-state index >= 15 is 0 Å². The highest BCUT2D eigenvalue weighted by atomic mass is 32.2. The molecular formula is C28H28F3N3O4S. The predicted molar refractivity (Wildman–Crippen MR) is 139 cm³/mol. The number of alkyl halides is 3. The molecule has 3 heterocycles. The van der Waals surface area contributed by atoms with Crippen LogP contribution in [0.15, 0.2) is 77.2 Å². The number of thioether (sulfide) groups is 1. The van der Waals surface area contributed by atoms with Crippen LogP contribution in [0, 0.1) is 0 Å². The fraction of sp³-hybridized carbons (Fsp3) is 0.357. The summed E-state index contributed by atoms with van der Waals surface area (Å²) in [6.07, 6.45) is -1.36. The topological polar surface area (TPSA) is 62.3 Å². The third kappa shape index (κ3) is 5.30. The molecule has 3 aliphatic rings. The molecule has 0 N–H and O–H groups in total. The van der Waals surface area contributed by atoms with Crippen LogP contribution in [0.5, 0.6) is 0 Å². The summed E-state index contributed by atoms with van der Waals surface area (Å²) in [6.45, 7) is 2.13. The van der Waals surface area contributed by atoms with Crippen molar-refractivity contribution in [3.63, 3.8) is 0 Å². The van der Waals surface area contributed by atoms with Crippen LogP contribution in [0.25, 0.3) is 0 Å². The third-order valence-corrected chi connectivity index (χ3v) is 8.07. The van der Waals surface area contributed by atoms with Crippen molar-refractivity contribution in [3.8, 4) is 0 Å². The van der Waals surface area contributed by atoms with Crippen LogP contribution < -0.4 is 0 Å². The van der Waals surface area contributed by atoms with Crippen molar-refractivity contribution in [1.29, 1.82) is 0 Å². The molecule has 1 saturated heterocycles. The summed E-state index contributed by atoms with van der Waals surface area (Å²) < 4.78 is 53.3. The number of nitrogens with zero attached hydrogens (tertiary/aromatic N) is 3. The zero-order valence-corrected chi connectivity index (χ0v) is 22.3. The molecule has 1 amide bonds. The van der Waals surface area contributed by atoms with Crippen molar-refractivity contribution in [1.82, 2.24) is 14.9 Å². The SMILES string of the molecule is CCC(=O)O/C1=C2\C(=O)N([C@H](C)C(F)(F)F)CN([C@H]3c4ccccc4CSc4ccccc43)N2/C=C\COC1. The predicted octanol–water partition coefficient (Wildman–Crippen LogP) is 5.36. The highest BCUT2D eigenvalue weighted by molar-refractivity contribution is 7.98. The van der Waals surface area contributed by atoms with Gasteiger partial charge >= 0.3 is 12.1 Å². The summed E-state index contributed by atoms with van der Waals surface area (Å²) in [5.74, 6) is -0.947. The van der Waals surface area contributed by atoms with E-state index in [-0.39, 0.29) is 37.8 Å². The molecule has 1 fully saturated rings. The Morgan fingerprint density at radius 1 is 1.15 bits per heavy atom. The van der Waals surface area contributed by atoms with Gasteiger partial charge in [0.25, 0.3) is 5.91 Å². The minimum atomic E-state index is -4.67. The van der Waals surface area contributed by atoms with E-state index in [0.717, 1.165) is 33.4 Å². The maximum Gasteiger partial charge on any atom is 0.408 e. The maximum atomic E-state index is 14.1. The Kier molecular flexibility index (Phi) is 7.75. The molecule has 11 heteroatoms. The molecule has 3 aliphatic heterocycles. The van der Waals surface area contributed by atoms with Gasteiger partial charge in [-0.2, -0.15) is 18.2 Å². The molecule has 0 unspecified atom stereocenters. The lowest BCUT2D eigenvalue weighted by molar-refractivity contribution is -0.204. The van der Waals surface area contributed by atoms with Crippen molar-refractivity contribution in [2.75, 3.05) is 19.9 Å². The van der Waals surface area contributed by atoms with Crippen LogP contribution in [0.2, 0.25) is 0 Å². The monoisotopic (exact) mass is 559 g/mol. The third-order valence-electron chi connectivity index (χ3n) is 6.94. The fourth-order valence-electron chi connectivity index (χ4n) is 4.87. The molecule has 206 valence electrons. The van der Waals surface area contributed by atoms with Crippen molar-refractivity contribution in [2.45, 2.75) is 49.2 Å². The zero-order chi connectivity index (χ0) is 27.7. The van der Waals surface area contributed by atoms with Crippen molar-refractivity contribution in [2.24, 2.45) is 0 Å². The van der Waals surface area contributed by atoms with Gasteiger partial charge in [0.2, 0.25) is 0 Å². The van der Waals surface area contributed by atoms with Gasteiger partial charge in [0.15, 0.2) is 11.5 Å². The number of benzene rings is 2. The molecule has 0 radical (unpaired) electrons. The normalized spacial score (nSPS) is 23.5. The Hall–Kier alpha value is -3.28. The maximum absolute atomic E-state index is 14.1. The van der Waals surface area contributed by atoms with Crippen LogP contribution in [0.1, 0.15) is 43.0 Å². The standard InChI is InChI=1S/C28H28F3N3O4S/c1-3-24(35)38-22-15-37-14-8-13-33-26(22)27(36)32(18(2)28(29,30)31)17-34(33)25-20-10-5-4-9-19(20)16-39-23-12-7-6-11-21(23)25/h4-13,18,25H,3,14-17H2,1-2H3/b13-8-,26-22+/t18-,25+/m1/s1. The number of fused-ring (bicyclic) bond motifs is 3. The van der Waals surface area contributed by atoms with Crippen LogP contribution in [0.3, 0.4) is 0 Å². The highest BCUT2D eigenvalue weighted by Gasteiger charge is 2.50. The number of hydrogen-bond donors (Lipinski definition) is 0. The van der Waals surface area contributed by atoms with Crippen LogP contribution >= 0.6 is 11.8 Å². The largest absolute Gasteiger partial charge is 0.426 e. The molecule has 2 aromatic carbocycles. The second-order valence-electron chi connectivity index (χ2n) is 9.35. The molecule has 7 nitrogen and oxygen atoms in total. The number of carbonyl (C=O) groups excluding carboxylic acids is 2. The lowest BCUT2D eigenvalue weighted by atomic mass is 9.94. The first-order valence-corrected chi connectivity index (χ1v) is 13.6. The number of ether oxygens (including phenoxy) is 2. The molecule has 0 bridgehead atoms. The van der Waals surface area contributed by atoms with Crippen LogP contribution in [0.4, 0.5) is 13.2 Å². The van der Waals surface area contributed by atoms with Crippen molar-refractivity contribution < 1.29 is 32.2 Å². The summed E-state index contributed by atoms with van der Waals surface area (Å²) in [6, 6.07) is 13.0. The van der Waals surface area contributed by atoms with Gasteiger partial charge in [0.1, 0.15) is 12.6 Å². The van der Waals surface area contributed by atoms with E-state index in [0.29, 0.717) is 5.75 Å². The second-order valence-corrected chi connectivity index (χ2v) is 10.4. The Labute approximate surface area is 228 Å². The lowest BCUT2D eigenvalue weighted by Crippen LogP contribution is -2.62. The quantitative estimate of drug-likeness (QED) is 0.468. The molecule has 0 aromatic heterocycles. The number of amides is 1. The summed E-state index contributed by atoms with van der Waals surface area (Å²) >= 11 is 1.66. The summed E-state index contributed by atoms with van der Waals surface area (Å²) in [5.41, 5.74) is 2.68. The minimum absolute atomic E-state index is 0.0216. The van der Waals surface area contributed by atoms with Gasteiger partial charge in [0, 0.05) is 23.3 Å². The summed E-state index contributed by atoms with van der Waals surface area (Å²) in [5, 5.41) is 3.28. The summed E-state index contributed by atoms with van der Waals surface area (Å²) in [7, 11) is 0. The van der Waals surface area contributed by atoms with E-state index in [1.165, 1.54) is 5.01 Å². The first kappa shape index (κ1) is 27.3. The van der Waals surface area contributed by atoms with Gasteiger partial charge in [0.05, 0.1) is 19.3 Å². The number of rotatable bonds is 4. The van der Waals surface area contributed by atoms with Gasteiger partial charge in [-0.15, -0.1) is 11.8 Å². The van der Waals surface area contributed by atoms with Gasteiger partial charge in [-0.3, -0.25) is 14.6 Å². The van der Waals surface area contributed by atoms with E-state index in [2.05, 4.69) is 0 Å². The van der Waals surface area contributed by atoms with Crippen LogP contribution in [-0.4, -0.2) is 58.9 Å². The number of halogens is 3. The molecule has 39 heavy (non-hydrogen) atoms. The fourth-order valence-corrected chi connectivity index (χ4v) is 5.97. The average molecular weight is 560 g/mol. The summed E-state index contributed by atoms with van der Waals surface area (Å²) in [4.78, 5) is 27.9. The molecule has 0 spiro atoms.